The third-order valence-electron chi connectivity index (χ3n) is 23.7. The molecular formula is C112H81N25. The van der Waals surface area contributed by atoms with Crippen molar-refractivity contribution in [2.75, 3.05) is 0 Å². The van der Waals surface area contributed by atoms with Crippen molar-refractivity contribution in [3.8, 4) is 130 Å². The molecule has 0 radical (unpaired) electrons. The molecule has 0 saturated heterocycles. The van der Waals surface area contributed by atoms with Crippen LogP contribution < -0.4 is 0 Å². The van der Waals surface area contributed by atoms with Crippen LogP contribution in [-0.4, -0.2) is 103 Å². The third kappa shape index (κ3) is 17.1. The van der Waals surface area contributed by atoms with Crippen molar-refractivity contribution in [2.45, 2.75) is 83.1 Å². The molecule has 22 rings (SSSR count). The first kappa shape index (κ1) is 86.3. The highest BCUT2D eigenvalue weighted by atomic mass is 15.1. The average Bonchev–Trinajstić information content (AvgIpc) is 1.57. The fourth-order valence-corrected chi connectivity index (χ4v) is 18.1. The van der Waals surface area contributed by atoms with Crippen LogP contribution in [0.4, 0.5) is 22.7 Å². The summed E-state index contributed by atoms with van der Waals surface area (Å²) in [4.78, 5) is 97.5. The Hall–Kier alpha value is -18.7. The molecule has 0 fully saturated rings. The van der Waals surface area contributed by atoms with Crippen molar-refractivity contribution in [3.63, 3.8) is 0 Å². The predicted octanol–water partition coefficient (Wildman–Crippen LogP) is 26.0. The van der Waals surface area contributed by atoms with Gasteiger partial charge in [-0.1, -0.05) is 152 Å². The van der Waals surface area contributed by atoms with Crippen molar-refractivity contribution in [1.29, 1.82) is 0 Å². The highest BCUT2D eigenvalue weighted by molar-refractivity contribution is 6.14. The summed E-state index contributed by atoms with van der Waals surface area (Å²) in [6.45, 7) is 52.6. The van der Waals surface area contributed by atoms with E-state index in [4.69, 9.17) is 56.2 Å². The number of fused-ring (bicyclic) bond motifs is 9. The van der Waals surface area contributed by atoms with E-state index >= 15 is 0 Å². The van der Waals surface area contributed by atoms with Crippen LogP contribution in [0.25, 0.3) is 215 Å². The van der Waals surface area contributed by atoms with Crippen LogP contribution in [0.5, 0.6) is 0 Å². The number of aryl methyl sites for hydroxylation is 12. The van der Waals surface area contributed by atoms with Crippen LogP contribution in [0, 0.1) is 109 Å². The van der Waals surface area contributed by atoms with Crippen molar-refractivity contribution in [3.05, 3.63) is 389 Å². The summed E-state index contributed by atoms with van der Waals surface area (Å²) in [5, 5.41) is 6.64. The molecule has 0 bridgehead atoms. The number of aromatic nitrogens is 21. The average molecular weight is 1780 g/mol. The fourth-order valence-electron chi connectivity index (χ4n) is 18.1. The summed E-state index contributed by atoms with van der Waals surface area (Å²) in [6, 6.07) is 91.9. The molecule has 0 spiro atoms. The number of para-hydroxylation sites is 2. The quantitative estimate of drug-likeness (QED) is 0.0971. The molecule has 0 aliphatic carbocycles. The molecule has 9 heterocycles. The molecule has 25 heteroatoms. The highest BCUT2D eigenvalue weighted by Gasteiger charge is 2.27. The Kier molecular flexibility index (Phi) is 22.6. The predicted molar refractivity (Wildman–Crippen MR) is 539 cm³/mol. The zero-order valence-corrected chi connectivity index (χ0v) is 76.7. The van der Waals surface area contributed by atoms with Gasteiger partial charge < -0.3 is 13.7 Å². The second kappa shape index (κ2) is 35.9. The molecule has 25 nitrogen and oxygen atoms in total. The van der Waals surface area contributed by atoms with Gasteiger partial charge in [-0.15, -0.1) is 0 Å². The Morgan fingerprint density at radius 3 is 0.679 bits per heavy atom. The van der Waals surface area contributed by atoms with Crippen LogP contribution >= 0.6 is 0 Å². The maximum Gasteiger partial charge on any atom is 0.187 e. The minimum Gasteiger partial charge on any atom is -0.309 e. The van der Waals surface area contributed by atoms with E-state index in [9.17, 15) is 0 Å². The van der Waals surface area contributed by atoms with Gasteiger partial charge in [0.15, 0.2) is 57.7 Å². The number of rotatable bonds is 13. The fraction of sp³-hybridized carbons (Fsp3) is 0.107. The van der Waals surface area contributed by atoms with E-state index < -0.39 is 0 Å². The smallest absolute Gasteiger partial charge is 0.187 e. The summed E-state index contributed by atoms with van der Waals surface area (Å²) in [5.41, 5.74) is 24.3. The number of hydrogen-bond donors (Lipinski definition) is 0. The minimum absolute atomic E-state index is 0.538. The van der Waals surface area contributed by atoms with Gasteiger partial charge in [-0.3, -0.25) is 0 Å². The lowest BCUT2D eigenvalue weighted by atomic mass is 10.0. The molecule has 22 aromatic rings. The summed E-state index contributed by atoms with van der Waals surface area (Å²) < 4.78 is 6.79. The zero-order valence-electron chi connectivity index (χ0n) is 76.7. The molecule has 0 unspecified atom stereocenters. The zero-order chi connectivity index (χ0) is 94.6. The molecule has 0 N–H and O–H groups in total. The molecule has 137 heavy (non-hydrogen) atoms. The van der Waals surface area contributed by atoms with Crippen LogP contribution in [-0.2, 0) is 0 Å². The SMILES string of the molecule is [C-]#[N+]c1cccc(-c2ccc3c(c2)c2ccccc2n3-c2ccc(-c3nc(C)nc(C)n3)cc2-c2nc(C)nc(C)n2)c1.[C-]#[N+]c1cccc(-c2ccc3c4ccc(-c5cccc([N+]#[C-])c5)cc4n(-c4ccc(-c5nc(C)nc(C)n5)cc4-c4nc(C)nc(C)n4)c3c2)c1.[C-]#[N+]c1cccc(-c2ccc3c4ccccc4n(-c4ccc(-c5nc(C)nc(C)n5)cc4-c4nc(C)nc(C)n4)c3c2)c1. The van der Waals surface area contributed by atoms with E-state index in [2.05, 4.69) is 245 Å². The van der Waals surface area contributed by atoms with Crippen molar-refractivity contribution >= 4 is 88.2 Å². The molecule has 0 amide bonds. The lowest BCUT2D eigenvalue weighted by molar-refractivity contribution is 0.923. The summed E-state index contributed by atoms with van der Waals surface area (Å²) in [6.07, 6.45) is 0. The normalized spacial score (nSPS) is 11.2. The van der Waals surface area contributed by atoms with E-state index in [0.29, 0.717) is 128 Å². The largest absolute Gasteiger partial charge is 0.309 e. The third-order valence-corrected chi connectivity index (χ3v) is 23.7. The minimum atomic E-state index is 0.538. The number of nitrogens with zero attached hydrogens (tertiary/aromatic N) is 25. The van der Waals surface area contributed by atoms with Gasteiger partial charge in [0.25, 0.3) is 0 Å². The van der Waals surface area contributed by atoms with Crippen LogP contribution in [0.3, 0.4) is 0 Å². The second-order valence-electron chi connectivity index (χ2n) is 33.3. The van der Waals surface area contributed by atoms with E-state index in [1.54, 1.807) is 0 Å². The van der Waals surface area contributed by atoms with Crippen molar-refractivity contribution < 1.29 is 0 Å². The van der Waals surface area contributed by atoms with E-state index in [1.807, 2.05) is 204 Å². The van der Waals surface area contributed by atoms with Gasteiger partial charge in [-0.05, 0) is 249 Å². The molecule has 654 valence electrons. The molecule has 0 aliphatic heterocycles. The second-order valence-corrected chi connectivity index (χ2v) is 33.3. The maximum absolute atomic E-state index is 7.58. The number of benzene rings is 13. The van der Waals surface area contributed by atoms with Gasteiger partial charge in [0.05, 0.1) is 76.5 Å². The first-order valence-electron chi connectivity index (χ1n) is 44.2. The topological polar surface area (TPSA) is 264 Å². The van der Waals surface area contributed by atoms with Gasteiger partial charge in [-0.2, -0.15) is 0 Å². The van der Waals surface area contributed by atoms with Gasteiger partial charge in [-0.25, -0.2) is 109 Å². The first-order valence-corrected chi connectivity index (χ1v) is 44.2. The summed E-state index contributed by atoms with van der Waals surface area (Å²) in [5.74, 6) is 11.3. The number of hydrogen-bond acceptors (Lipinski definition) is 18. The monoisotopic (exact) mass is 1780 g/mol. The first-order chi connectivity index (χ1) is 66.5. The molecule has 0 saturated carbocycles. The van der Waals surface area contributed by atoms with E-state index in [0.717, 1.165) is 160 Å². The lowest BCUT2D eigenvalue weighted by Crippen LogP contribution is -2.05. The summed E-state index contributed by atoms with van der Waals surface area (Å²) in [7, 11) is 0. The maximum atomic E-state index is 7.58. The van der Waals surface area contributed by atoms with Crippen LogP contribution in [0.1, 0.15) is 69.9 Å². The molecular weight excluding hydrogens is 1700 g/mol. The Labute approximate surface area is 788 Å². The van der Waals surface area contributed by atoms with Crippen molar-refractivity contribution in [1.82, 2.24) is 103 Å². The highest BCUT2D eigenvalue weighted by Crippen LogP contribution is 2.45. The van der Waals surface area contributed by atoms with Gasteiger partial charge in [0, 0.05) is 65.7 Å². The van der Waals surface area contributed by atoms with Crippen LogP contribution in [0.2, 0.25) is 0 Å². The lowest BCUT2D eigenvalue weighted by Gasteiger charge is -2.16. The Bertz CT molecular complexity index is 8680. The molecule has 0 atom stereocenters. The Morgan fingerprint density at radius 1 is 0.168 bits per heavy atom. The Morgan fingerprint density at radius 2 is 0.387 bits per heavy atom. The standard InChI is InChI=1S/C42H29N9.2C35H26N8/c1-24-45-25(2)48-41(47-24)32-15-18-38(37(21-32)42-49-26(3)46-27(4)50-42)51-39-22-30(28-9-7-11-33(19-28)43-5)13-16-35(39)36-17-14-31(23-40(36)51)29-10-8-12-34(20-29)44-6;1-20-37-21(2)40-34(39-20)26-14-16-32(30(18-26)35-41-22(3)38-23(4)42-35)43-31-12-7-6-11-28(31)29-15-13-25(19-33(29)43)24-9-8-10-27(17-24)36-5;1-20-37-21(2)40-34(39-20)26-14-16-33(30(19-26)35-41-22(3)38-23(4)42-35)43-31-12-7-6-11-28(31)29-18-25(13-15-32(29)43)24-9-8-10-27(17-24)36-5/h7-23H,1-4H3;2*6-19H,1-4H3. The summed E-state index contributed by atoms with van der Waals surface area (Å²) >= 11 is 0. The van der Waals surface area contributed by atoms with Gasteiger partial charge >= 0.3 is 0 Å². The van der Waals surface area contributed by atoms with Crippen LogP contribution in [0.15, 0.2) is 273 Å². The molecule has 9 aromatic heterocycles. The van der Waals surface area contributed by atoms with E-state index in [-0.39, 0.29) is 0 Å². The van der Waals surface area contributed by atoms with Crippen molar-refractivity contribution in [2.24, 2.45) is 0 Å². The van der Waals surface area contributed by atoms with E-state index in [1.165, 1.54) is 0 Å². The van der Waals surface area contributed by atoms with Gasteiger partial charge in [0.2, 0.25) is 0 Å². The molecule has 13 aromatic carbocycles. The Balaban J connectivity index is 0.000000128. The molecule has 0 aliphatic rings. The van der Waals surface area contributed by atoms with Gasteiger partial charge in [0.1, 0.15) is 69.9 Å².